The molecule has 1 fully saturated rings. The van der Waals surface area contributed by atoms with Gasteiger partial charge in [0.05, 0.1) is 10.0 Å². The topological polar surface area (TPSA) is 15.3 Å². The molecule has 0 bridgehead atoms. The molecule has 22 heavy (non-hydrogen) atoms. The number of benzene rings is 1. The highest BCUT2D eigenvalue weighted by molar-refractivity contribution is 6.42. The molecule has 1 N–H and O–H groups in total. The molecule has 0 saturated carbocycles. The monoisotopic (exact) mass is 354 g/mol. The number of nitrogens with zero attached hydrogens (tertiary/aromatic N) is 1. The summed E-state index contributed by atoms with van der Waals surface area (Å²) in [5, 5.41) is 4.19. The summed E-state index contributed by atoms with van der Waals surface area (Å²) in [4.78, 5) is 0.431. The van der Waals surface area contributed by atoms with E-state index >= 15 is 0 Å². The smallest absolute Gasteiger partial charge is 0.316 e. The molecule has 1 aromatic carbocycles. The second-order valence-corrected chi connectivity index (χ2v) is 6.64. The zero-order valence-electron chi connectivity index (χ0n) is 12.3. The molecule has 1 aromatic rings. The molecular weight excluding hydrogens is 336 g/mol. The summed E-state index contributed by atoms with van der Waals surface area (Å²) in [5.41, 5.74) is 0.607. The lowest BCUT2D eigenvalue weighted by molar-refractivity contribution is -0.237. The summed E-state index contributed by atoms with van der Waals surface area (Å²) in [5.74, 6) is 0. The second kappa shape index (κ2) is 6.95. The predicted octanol–water partition coefficient (Wildman–Crippen LogP) is 4.46. The molecule has 124 valence electrons. The van der Waals surface area contributed by atoms with Crippen LogP contribution in [0.5, 0.6) is 0 Å². The molecule has 0 aromatic heterocycles. The summed E-state index contributed by atoms with van der Waals surface area (Å²) in [6.45, 7) is 1.49. The fourth-order valence-corrected chi connectivity index (χ4v) is 3.20. The molecule has 1 aliphatic heterocycles. The van der Waals surface area contributed by atoms with E-state index in [1.165, 1.54) is 0 Å². The Morgan fingerprint density at radius 1 is 1.27 bits per heavy atom. The van der Waals surface area contributed by atoms with Crippen molar-refractivity contribution >= 4 is 23.2 Å². The van der Waals surface area contributed by atoms with Crippen molar-refractivity contribution in [1.29, 1.82) is 0 Å². The quantitative estimate of drug-likeness (QED) is 0.803. The standard InChI is InChI=1S/C15H19Cl2F3N2/c1-22(15(18,19)20)8-6-14(5-2-7-21-10-14)11-3-4-12(16)13(17)9-11/h3-4,9,21H,2,5-8,10H2,1H3/t14-/m1/s1. The molecule has 1 atom stereocenters. The van der Waals surface area contributed by atoms with Crippen LogP contribution < -0.4 is 5.32 Å². The maximum Gasteiger partial charge on any atom is 0.459 e. The fraction of sp³-hybridized carbons (Fsp3) is 0.600. The van der Waals surface area contributed by atoms with Crippen LogP contribution >= 0.6 is 23.2 Å². The SMILES string of the molecule is CN(CC[C@]1(c2ccc(Cl)c(Cl)c2)CCCNC1)C(F)(F)F. The molecule has 0 radical (unpaired) electrons. The highest BCUT2D eigenvalue weighted by Crippen LogP contribution is 2.38. The Kier molecular flexibility index (Phi) is 5.64. The number of halogens is 5. The first-order valence-corrected chi connectivity index (χ1v) is 7.94. The number of rotatable bonds is 4. The van der Waals surface area contributed by atoms with E-state index in [4.69, 9.17) is 23.2 Å². The molecule has 1 aliphatic rings. The van der Waals surface area contributed by atoms with Gasteiger partial charge in [0.25, 0.3) is 0 Å². The Hall–Kier alpha value is -0.490. The Balaban J connectivity index is 2.22. The minimum Gasteiger partial charge on any atom is -0.316 e. The lowest BCUT2D eigenvalue weighted by Crippen LogP contribution is -2.46. The van der Waals surface area contributed by atoms with Crippen molar-refractivity contribution < 1.29 is 13.2 Å². The summed E-state index contributed by atoms with van der Waals surface area (Å²) in [6, 6.07) is 5.36. The van der Waals surface area contributed by atoms with Gasteiger partial charge < -0.3 is 5.32 Å². The molecule has 1 heterocycles. The van der Waals surface area contributed by atoms with Gasteiger partial charge >= 0.3 is 6.30 Å². The van der Waals surface area contributed by atoms with E-state index < -0.39 is 6.30 Å². The molecular formula is C15H19Cl2F3N2. The number of hydrogen-bond acceptors (Lipinski definition) is 2. The van der Waals surface area contributed by atoms with Gasteiger partial charge in [-0.15, -0.1) is 0 Å². The summed E-state index contributed by atoms with van der Waals surface area (Å²) in [7, 11) is 1.08. The number of nitrogens with one attached hydrogen (secondary N) is 1. The average molecular weight is 355 g/mol. The second-order valence-electron chi connectivity index (χ2n) is 5.83. The molecule has 0 amide bonds. The first kappa shape index (κ1) is 17.9. The Morgan fingerprint density at radius 2 is 2.00 bits per heavy atom. The van der Waals surface area contributed by atoms with E-state index in [9.17, 15) is 13.2 Å². The highest BCUT2D eigenvalue weighted by atomic mass is 35.5. The maximum absolute atomic E-state index is 12.7. The van der Waals surface area contributed by atoms with E-state index in [-0.39, 0.29) is 12.0 Å². The molecule has 7 heteroatoms. The fourth-order valence-electron chi connectivity index (χ4n) is 2.91. The first-order valence-electron chi connectivity index (χ1n) is 7.19. The minimum absolute atomic E-state index is 0.0502. The van der Waals surface area contributed by atoms with Crippen molar-refractivity contribution in [1.82, 2.24) is 10.2 Å². The maximum atomic E-state index is 12.7. The Morgan fingerprint density at radius 3 is 2.55 bits per heavy atom. The van der Waals surface area contributed by atoms with Crippen molar-refractivity contribution in [3.05, 3.63) is 33.8 Å². The van der Waals surface area contributed by atoms with Crippen LogP contribution in [0.4, 0.5) is 13.2 Å². The van der Waals surface area contributed by atoms with Gasteiger partial charge in [0.15, 0.2) is 0 Å². The molecule has 1 saturated heterocycles. The van der Waals surface area contributed by atoms with E-state index in [1.54, 1.807) is 12.1 Å². The van der Waals surface area contributed by atoms with E-state index in [0.717, 1.165) is 32.0 Å². The number of hydrogen-bond donors (Lipinski definition) is 1. The van der Waals surface area contributed by atoms with Crippen LogP contribution in [0.25, 0.3) is 0 Å². The van der Waals surface area contributed by atoms with Gasteiger partial charge in [-0.1, -0.05) is 29.3 Å². The van der Waals surface area contributed by atoms with Gasteiger partial charge in [-0.05, 0) is 50.6 Å². The normalized spacial score (nSPS) is 23.0. The van der Waals surface area contributed by atoms with Gasteiger partial charge in [-0.3, -0.25) is 0 Å². The van der Waals surface area contributed by atoms with Crippen LogP contribution in [-0.4, -0.2) is 37.9 Å². The minimum atomic E-state index is -4.30. The molecule has 2 nitrogen and oxygen atoms in total. The zero-order chi connectivity index (χ0) is 16.4. The lowest BCUT2D eigenvalue weighted by atomic mass is 9.72. The highest BCUT2D eigenvalue weighted by Gasteiger charge is 2.38. The lowest BCUT2D eigenvalue weighted by Gasteiger charge is -2.39. The number of alkyl halides is 3. The van der Waals surface area contributed by atoms with Crippen molar-refractivity contribution in [2.75, 3.05) is 26.7 Å². The number of piperidine rings is 1. The van der Waals surface area contributed by atoms with Crippen LogP contribution in [0.15, 0.2) is 18.2 Å². The summed E-state index contributed by atoms with van der Waals surface area (Å²) in [6.07, 6.45) is -2.13. The first-order chi connectivity index (χ1) is 10.2. The van der Waals surface area contributed by atoms with E-state index in [1.807, 2.05) is 6.07 Å². The van der Waals surface area contributed by atoms with Crippen molar-refractivity contribution in [2.24, 2.45) is 0 Å². The third kappa shape index (κ3) is 4.07. The van der Waals surface area contributed by atoms with E-state index in [2.05, 4.69) is 5.32 Å². The van der Waals surface area contributed by atoms with Crippen LogP contribution in [0.1, 0.15) is 24.8 Å². The molecule has 0 aliphatic carbocycles. The van der Waals surface area contributed by atoms with Crippen LogP contribution in [-0.2, 0) is 5.41 Å². The van der Waals surface area contributed by atoms with E-state index in [0.29, 0.717) is 27.9 Å². The third-order valence-corrected chi connectivity index (χ3v) is 5.10. The van der Waals surface area contributed by atoms with Crippen molar-refractivity contribution in [3.63, 3.8) is 0 Å². The van der Waals surface area contributed by atoms with Gasteiger partial charge in [0.2, 0.25) is 0 Å². The Labute approximate surface area is 138 Å². The van der Waals surface area contributed by atoms with Crippen LogP contribution in [0.2, 0.25) is 10.0 Å². The van der Waals surface area contributed by atoms with Gasteiger partial charge in [0.1, 0.15) is 0 Å². The summed E-state index contributed by atoms with van der Waals surface area (Å²) < 4.78 is 38.2. The molecule has 2 rings (SSSR count). The largest absolute Gasteiger partial charge is 0.459 e. The van der Waals surface area contributed by atoms with Gasteiger partial charge in [-0.25, -0.2) is 4.90 Å². The van der Waals surface area contributed by atoms with Crippen LogP contribution in [0, 0.1) is 0 Å². The van der Waals surface area contributed by atoms with Crippen molar-refractivity contribution in [2.45, 2.75) is 31.0 Å². The van der Waals surface area contributed by atoms with Gasteiger partial charge in [0, 0.05) is 18.5 Å². The third-order valence-electron chi connectivity index (χ3n) is 4.36. The summed E-state index contributed by atoms with van der Waals surface area (Å²) >= 11 is 12.0. The molecule has 0 unspecified atom stereocenters. The average Bonchev–Trinajstić information content (AvgIpc) is 2.47. The molecule has 0 spiro atoms. The van der Waals surface area contributed by atoms with Gasteiger partial charge in [-0.2, -0.15) is 13.2 Å². The Bertz CT molecular complexity index is 514. The van der Waals surface area contributed by atoms with Crippen molar-refractivity contribution in [3.8, 4) is 0 Å². The zero-order valence-corrected chi connectivity index (χ0v) is 13.8. The van der Waals surface area contributed by atoms with Crippen LogP contribution in [0.3, 0.4) is 0 Å². The predicted molar refractivity (Wildman–Crippen MR) is 83.5 cm³/mol.